The van der Waals surface area contributed by atoms with Crippen molar-refractivity contribution in [3.05, 3.63) is 107 Å². The Morgan fingerprint density at radius 1 is 0.925 bits per heavy atom. The van der Waals surface area contributed by atoms with Gasteiger partial charge in [0.1, 0.15) is 17.4 Å². The predicted octanol–water partition coefficient (Wildman–Crippen LogP) is 3.15. The zero-order chi connectivity index (χ0) is 28.8. The van der Waals surface area contributed by atoms with Crippen molar-refractivity contribution in [1.82, 2.24) is 10.6 Å². The predicted molar refractivity (Wildman–Crippen MR) is 145 cm³/mol. The van der Waals surface area contributed by atoms with E-state index in [1.165, 1.54) is 17.7 Å². The molecule has 0 radical (unpaired) electrons. The number of carbonyl (C=O) groups is 3. The summed E-state index contributed by atoms with van der Waals surface area (Å²) in [6, 6.07) is 13.6. The highest BCUT2D eigenvalue weighted by atomic mass is 19.1. The standard InChI is InChI=1S/C30H29F2N3O5/c1-2-18-4-3-5-19(10-18)16-33-17-27(37)25(13-20-11-21(31)14-22(32)12-20)34-30(40)24-7-6-23(15-26(24)36)35-28(38)8-9-29(35)39/h3-12,14-15,25,27,33,36-37H,2,13,16-17H2,1H3,(H,34,40)/t25-,27-/m0/s1. The number of benzene rings is 3. The Morgan fingerprint density at radius 2 is 1.60 bits per heavy atom. The minimum absolute atomic E-state index is 0.0518. The van der Waals surface area contributed by atoms with E-state index in [2.05, 4.69) is 10.6 Å². The van der Waals surface area contributed by atoms with Crippen molar-refractivity contribution in [3.63, 3.8) is 0 Å². The Bertz CT molecular complexity index is 1420. The average molecular weight is 550 g/mol. The van der Waals surface area contributed by atoms with E-state index in [9.17, 15) is 33.4 Å². The third-order valence-corrected chi connectivity index (χ3v) is 6.53. The van der Waals surface area contributed by atoms with Gasteiger partial charge in [-0.25, -0.2) is 13.7 Å². The number of phenolic OH excluding ortho intramolecular Hbond substituents is 1. The van der Waals surface area contributed by atoms with Gasteiger partial charge in [0.05, 0.1) is 23.4 Å². The molecule has 1 heterocycles. The van der Waals surface area contributed by atoms with Gasteiger partial charge < -0.3 is 20.8 Å². The van der Waals surface area contributed by atoms with Gasteiger partial charge in [0, 0.05) is 37.4 Å². The molecule has 0 spiro atoms. The second-order valence-corrected chi connectivity index (χ2v) is 9.48. The minimum Gasteiger partial charge on any atom is -0.507 e. The van der Waals surface area contributed by atoms with Gasteiger partial charge in [-0.15, -0.1) is 0 Å². The third-order valence-electron chi connectivity index (χ3n) is 6.53. The first-order chi connectivity index (χ1) is 19.1. The highest BCUT2D eigenvalue weighted by molar-refractivity contribution is 6.28. The molecule has 3 aromatic carbocycles. The zero-order valence-electron chi connectivity index (χ0n) is 21.7. The van der Waals surface area contributed by atoms with E-state index in [-0.39, 0.29) is 29.8 Å². The number of aliphatic hydroxyl groups excluding tert-OH is 1. The third kappa shape index (κ3) is 6.96. The average Bonchev–Trinajstić information content (AvgIpc) is 3.25. The Kier molecular flexibility index (Phi) is 9.03. The van der Waals surface area contributed by atoms with E-state index in [1.807, 2.05) is 31.2 Å². The van der Waals surface area contributed by atoms with Crippen LogP contribution >= 0.6 is 0 Å². The second kappa shape index (κ2) is 12.6. The van der Waals surface area contributed by atoms with E-state index < -0.39 is 47.3 Å². The van der Waals surface area contributed by atoms with Crippen LogP contribution in [0.25, 0.3) is 0 Å². The molecule has 0 fully saturated rings. The van der Waals surface area contributed by atoms with Gasteiger partial charge in [-0.2, -0.15) is 0 Å². The van der Waals surface area contributed by atoms with Crippen LogP contribution in [-0.2, 0) is 29.0 Å². The van der Waals surface area contributed by atoms with E-state index in [0.717, 1.165) is 53.3 Å². The van der Waals surface area contributed by atoms with Gasteiger partial charge in [0.15, 0.2) is 0 Å². The number of halogens is 2. The molecule has 0 unspecified atom stereocenters. The van der Waals surface area contributed by atoms with Gasteiger partial charge in [-0.3, -0.25) is 14.4 Å². The van der Waals surface area contributed by atoms with Crippen molar-refractivity contribution in [2.45, 2.75) is 38.5 Å². The molecular formula is C30H29F2N3O5. The summed E-state index contributed by atoms with van der Waals surface area (Å²) in [5.41, 5.74) is 2.30. The summed E-state index contributed by atoms with van der Waals surface area (Å²) in [5, 5.41) is 27.3. The summed E-state index contributed by atoms with van der Waals surface area (Å²) in [6.45, 7) is 2.55. The number of rotatable bonds is 11. The Balaban J connectivity index is 1.49. The lowest BCUT2D eigenvalue weighted by atomic mass is 9.99. The van der Waals surface area contributed by atoms with Gasteiger partial charge >= 0.3 is 0 Å². The maximum absolute atomic E-state index is 13.8. The number of aryl methyl sites for hydroxylation is 1. The molecule has 0 aromatic heterocycles. The summed E-state index contributed by atoms with van der Waals surface area (Å²) < 4.78 is 27.7. The van der Waals surface area contributed by atoms with Gasteiger partial charge in [0.2, 0.25) is 0 Å². The first-order valence-electron chi connectivity index (χ1n) is 12.8. The largest absolute Gasteiger partial charge is 0.507 e. The minimum atomic E-state index is -1.17. The van der Waals surface area contributed by atoms with Crippen LogP contribution in [0.5, 0.6) is 5.75 Å². The first kappa shape index (κ1) is 28.6. The number of hydrogen-bond acceptors (Lipinski definition) is 6. The van der Waals surface area contributed by atoms with Crippen LogP contribution in [0.1, 0.15) is 34.0 Å². The maximum atomic E-state index is 13.8. The van der Waals surface area contributed by atoms with Crippen molar-refractivity contribution >= 4 is 23.4 Å². The Labute approximate surface area is 229 Å². The molecule has 40 heavy (non-hydrogen) atoms. The lowest BCUT2D eigenvalue weighted by Gasteiger charge is -2.25. The molecule has 0 saturated heterocycles. The summed E-state index contributed by atoms with van der Waals surface area (Å²) in [7, 11) is 0. The summed E-state index contributed by atoms with van der Waals surface area (Å²) in [5.74, 6) is -4.02. The normalized spacial score (nSPS) is 14.4. The highest BCUT2D eigenvalue weighted by Crippen LogP contribution is 2.27. The summed E-state index contributed by atoms with van der Waals surface area (Å²) in [4.78, 5) is 37.8. The van der Waals surface area contributed by atoms with E-state index in [1.54, 1.807) is 0 Å². The number of imide groups is 1. The molecule has 1 aliphatic heterocycles. The van der Waals surface area contributed by atoms with Gasteiger partial charge in [-0.1, -0.05) is 31.2 Å². The van der Waals surface area contributed by atoms with Crippen LogP contribution < -0.4 is 15.5 Å². The monoisotopic (exact) mass is 549 g/mol. The van der Waals surface area contributed by atoms with Gasteiger partial charge in [-0.05, 0) is 53.8 Å². The molecule has 3 aromatic rings. The molecule has 4 rings (SSSR count). The number of phenols is 1. The molecule has 3 amide bonds. The fraction of sp³-hybridized carbons (Fsp3) is 0.233. The number of hydrogen-bond donors (Lipinski definition) is 4. The number of nitrogens with zero attached hydrogens (tertiary/aromatic N) is 1. The van der Waals surface area contributed by atoms with Crippen molar-refractivity contribution in [3.8, 4) is 5.75 Å². The maximum Gasteiger partial charge on any atom is 0.258 e. The van der Waals surface area contributed by atoms with Crippen LogP contribution in [0.2, 0.25) is 0 Å². The number of nitrogens with one attached hydrogen (secondary N) is 2. The number of carbonyl (C=O) groups excluding carboxylic acids is 3. The van der Waals surface area contributed by atoms with E-state index in [4.69, 9.17) is 0 Å². The fourth-order valence-electron chi connectivity index (χ4n) is 4.48. The lowest BCUT2D eigenvalue weighted by molar-refractivity contribution is -0.119. The molecule has 8 nitrogen and oxygen atoms in total. The number of anilines is 1. The smallest absolute Gasteiger partial charge is 0.258 e. The molecule has 0 aliphatic carbocycles. The summed E-state index contributed by atoms with van der Waals surface area (Å²) >= 11 is 0. The second-order valence-electron chi connectivity index (χ2n) is 9.48. The molecule has 0 saturated carbocycles. The quantitative estimate of drug-likeness (QED) is 0.273. The topological polar surface area (TPSA) is 119 Å². The number of aromatic hydroxyl groups is 1. The molecule has 10 heteroatoms. The van der Waals surface area contributed by atoms with Crippen LogP contribution in [-0.4, -0.2) is 46.6 Å². The van der Waals surface area contributed by atoms with E-state index in [0.29, 0.717) is 6.54 Å². The Hall–Kier alpha value is -4.41. The zero-order valence-corrected chi connectivity index (χ0v) is 21.7. The van der Waals surface area contributed by atoms with Gasteiger partial charge in [0.25, 0.3) is 17.7 Å². The van der Waals surface area contributed by atoms with Crippen LogP contribution in [0.4, 0.5) is 14.5 Å². The van der Waals surface area contributed by atoms with Crippen LogP contribution in [0.15, 0.2) is 72.8 Å². The van der Waals surface area contributed by atoms with E-state index >= 15 is 0 Å². The van der Waals surface area contributed by atoms with Crippen LogP contribution in [0, 0.1) is 11.6 Å². The molecular weight excluding hydrogens is 520 g/mol. The van der Waals surface area contributed by atoms with Crippen molar-refractivity contribution < 1.29 is 33.4 Å². The molecule has 1 aliphatic rings. The molecule has 2 atom stereocenters. The first-order valence-corrected chi connectivity index (χ1v) is 12.8. The number of amides is 3. The van der Waals surface area contributed by atoms with Crippen molar-refractivity contribution in [2.75, 3.05) is 11.4 Å². The van der Waals surface area contributed by atoms with Crippen molar-refractivity contribution in [2.24, 2.45) is 0 Å². The molecule has 0 bridgehead atoms. The van der Waals surface area contributed by atoms with Crippen LogP contribution in [0.3, 0.4) is 0 Å². The SMILES string of the molecule is CCc1cccc(CNC[C@H](O)[C@H](Cc2cc(F)cc(F)c2)NC(=O)c2ccc(N3C(=O)C=CC3=O)cc2O)c1. The lowest BCUT2D eigenvalue weighted by Crippen LogP contribution is -2.48. The Morgan fingerprint density at radius 3 is 2.25 bits per heavy atom. The molecule has 208 valence electrons. The molecule has 4 N–H and O–H groups in total. The highest BCUT2D eigenvalue weighted by Gasteiger charge is 2.28. The summed E-state index contributed by atoms with van der Waals surface area (Å²) in [6.07, 6.45) is 1.79. The van der Waals surface area contributed by atoms with Crippen molar-refractivity contribution in [1.29, 1.82) is 0 Å². The number of aliphatic hydroxyl groups is 1. The fourth-order valence-corrected chi connectivity index (χ4v) is 4.48.